The van der Waals surface area contributed by atoms with E-state index in [1.165, 1.54) is 6.07 Å². The van der Waals surface area contributed by atoms with Gasteiger partial charge in [0.25, 0.3) is 0 Å². The molecule has 0 atom stereocenters. The van der Waals surface area contributed by atoms with Crippen LogP contribution in [0, 0.1) is 9.39 Å². The van der Waals surface area contributed by atoms with Gasteiger partial charge in [0.15, 0.2) is 0 Å². The molecule has 16 heavy (non-hydrogen) atoms. The number of rotatable bonds is 2. The van der Waals surface area contributed by atoms with Gasteiger partial charge in [-0.3, -0.25) is 0 Å². The third kappa shape index (κ3) is 2.35. The molecule has 0 spiro atoms. The summed E-state index contributed by atoms with van der Waals surface area (Å²) in [6.45, 7) is 0. The number of benzene rings is 2. The lowest BCUT2D eigenvalue weighted by atomic mass is 10.1. The van der Waals surface area contributed by atoms with E-state index < -0.39 is 0 Å². The average molecular weight is 328 g/mol. The predicted molar refractivity (Wildman–Crippen MR) is 71.1 cm³/mol. The summed E-state index contributed by atoms with van der Waals surface area (Å²) >= 11 is 2.09. The molecule has 0 saturated carbocycles. The SMILES string of the molecule is COc1ccc(-c2ccc(I)cc2F)cc1. The largest absolute Gasteiger partial charge is 0.497 e. The van der Waals surface area contributed by atoms with E-state index in [1.807, 2.05) is 30.3 Å². The molecule has 0 radical (unpaired) electrons. The van der Waals surface area contributed by atoms with E-state index in [-0.39, 0.29) is 5.82 Å². The highest BCUT2D eigenvalue weighted by Gasteiger charge is 2.05. The molecular formula is C13H10FIO. The van der Waals surface area contributed by atoms with Crippen molar-refractivity contribution in [2.75, 3.05) is 7.11 Å². The summed E-state index contributed by atoms with van der Waals surface area (Å²) in [4.78, 5) is 0. The van der Waals surface area contributed by atoms with Crippen molar-refractivity contribution >= 4 is 22.6 Å². The second-order valence-corrected chi connectivity index (χ2v) is 4.60. The molecule has 0 saturated heterocycles. The van der Waals surface area contributed by atoms with Crippen LogP contribution in [-0.4, -0.2) is 7.11 Å². The molecule has 0 aliphatic rings. The Morgan fingerprint density at radius 2 is 1.75 bits per heavy atom. The van der Waals surface area contributed by atoms with Crippen molar-refractivity contribution in [2.45, 2.75) is 0 Å². The normalized spacial score (nSPS) is 10.2. The van der Waals surface area contributed by atoms with E-state index in [1.54, 1.807) is 13.2 Å². The highest BCUT2D eigenvalue weighted by molar-refractivity contribution is 14.1. The van der Waals surface area contributed by atoms with Gasteiger partial charge in [0.1, 0.15) is 11.6 Å². The average Bonchev–Trinajstić information content (AvgIpc) is 2.29. The third-order valence-electron chi connectivity index (χ3n) is 2.33. The molecule has 0 bridgehead atoms. The van der Waals surface area contributed by atoms with Gasteiger partial charge in [0.2, 0.25) is 0 Å². The minimum Gasteiger partial charge on any atom is -0.497 e. The summed E-state index contributed by atoms with van der Waals surface area (Å²) < 4.78 is 19.6. The first-order valence-electron chi connectivity index (χ1n) is 4.80. The second-order valence-electron chi connectivity index (χ2n) is 3.35. The summed E-state index contributed by atoms with van der Waals surface area (Å²) in [7, 11) is 1.61. The fourth-order valence-corrected chi connectivity index (χ4v) is 1.95. The number of methoxy groups -OCH3 is 1. The molecule has 0 N–H and O–H groups in total. The fourth-order valence-electron chi connectivity index (χ4n) is 1.49. The first-order valence-corrected chi connectivity index (χ1v) is 5.88. The van der Waals surface area contributed by atoms with Gasteiger partial charge in [0, 0.05) is 9.13 Å². The van der Waals surface area contributed by atoms with Crippen LogP contribution in [0.2, 0.25) is 0 Å². The molecule has 0 aliphatic heterocycles. The van der Waals surface area contributed by atoms with Gasteiger partial charge >= 0.3 is 0 Å². The van der Waals surface area contributed by atoms with E-state index >= 15 is 0 Å². The van der Waals surface area contributed by atoms with E-state index in [0.29, 0.717) is 5.56 Å². The van der Waals surface area contributed by atoms with Crippen molar-refractivity contribution in [3.8, 4) is 16.9 Å². The maximum absolute atomic E-state index is 13.7. The predicted octanol–water partition coefficient (Wildman–Crippen LogP) is 4.11. The number of hydrogen-bond acceptors (Lipinski definition) is 1. The Morgan fingerprint density at radius 3 is 2.31 bits per heavy atom. The molecule has 3 heteroatoms. The third-order valence-corrected chi connectivity index (χ3v) is 3.00. The van der Waals surface area contributed by atoms with Crippen LogP contribution < -0.4 is 4.74 Å². The minimum atomic E-state index is -0.197. The Bertz CT molecular complexity index is 494. The van der Waals surface area contributed by atoms with Crippen LogP contribution in [0.25, 0.3) is 11.1 Å². The van der Waals surface area contributed by atoms with Gasteiger partial charge in [-0.1, -0.05) is 18.2 Å². The van der Waals surface area contributed by atoms with Gasteiger partial charge in [-0.25, -0.2) is 4.39 Å². The highest BCUT2D eigenvalue weighted by Crippen LogP contribution is 2.25. The van der Waals surface area contributed by atoms with Gasteiger partial charge in [-0.15, -0.1) is 0 Å². The number of ether oxygens (including phenoxy) is 1. The zero-order valence-electron chi connectivity index (χ0n) is 8.71. The maximum Gasteiger partial charge on any atom is 0.132 e. The first kappa shape index (κ1) is 11.4. The van der Waals surface area contributed by atoms with Crippen molar-refractivity contribution in [3.05, 3.63) is 51.9 Å². The van der Waals surface area contributed by atoms with Gasteiger partial charge in [-0.05, 0) is 52.4 Å². The molecule has 1 nitrogen and oxygen atoms in total. The van der Waals surface area contributed by atoms with Crippen LogP contribution in [0.15, 0.2) is 42.5 Å². The van der Waals surface area contributed by atoms with Gasteiger partial charge in [-0.2, -0.15) is 0 Å². The summed E-state index contributed by atoms with van der Waals surface area (Å²) in [5, 5.41) is 0. The summed E-state index contributed by atoms with van der Waals surface area (Å²) in [5.41, 5.74) is 1.47. The quantitative estimate of drug-likeness (QED) is 0.754. The summed E-state index contributed by atoms with van der Waals surface area (Å²) in [6.07, 6.45) is 0. The highest BCUT2D eigenvalue weighted by atomic mass is 127. The molecular weight excluding hydrogens is 318 g/mol. The standard InChI is InChI=1S/C13H10FIO/c1-16-11-5-2-9(3-6-11)12-7-4-10(15)8-13(12)14/h2-8H,1H3. The molecule has 2 rings (SSSR count). The topological polar surface area (TPSA) is 9.23 Å². The summed E-state index contributed by atoms with van der Waals surface area (Å²) in [6, 6.07) is 12.6. The molecule has 82 valence electrons. The molecule has 0 aliphatic carbocycles. The Labute approximate surface area is 107 Å². The Hall–Kier alpha value is -1.10. The molecule has 0 fully saturated rings. The van der Waals surface area contributed by atoms with E-state index in [4.69, 9.17) is 4.74 Å². The van der Waals surface area contributed by atoms with Crippen LogP contribution >= 0.6 is 22.6 Å². The Kier molecular flexibility index (Phi) is 3.43. The zero-order valence-corrected chi connectivity index (χ0v) is 10.9. The fraction of sp³-hybridized carbons (Fsp3) is 0.0769. The first-order chi connectivity index (χ1) is 7.70. The molecule has 0 heterocycles. The number of halogens is 2. The van der Waals surface area contributed by atoms with Crippen molar-refractivity contribution in [3.63, 3.8) is 0 Å². The molecule has 2 aromatic carbocycles. The van der Waals surface area contributed by atoms with Crippen molar-refractivity contribution < 1.29 is 9.13 Å². The lowest BCUT2D eigenvalue weighted by molar-refractivity contribution is 0.415. The van der Waals surface area contributed by atoms with Gasteiger partial charge < -0.3 is 4.74 Å². The van der Waals surface area contributed by atoms with Crippen LogP contribution in [0.1, 0.15) is 0 Å². The smallest absolute Gasteiger partial charge is 0.132 e. The van der Waals surface area contributed by atoms with Crippen LogP contribution in [0.3, 0.4) is 0 Å². The molecule has 0 aromatic heterocycles. The van der Waals surface area contributed by atoms with Crippen molar-refractivity contribution in [1.82, 2.24) is 0 Å². The van der Waals surface area contributed by atoms with E-state index in [2.05, 4.69) is 22.6 Å². The van der Waals surface area contributed by atoms with E-state index in [0.717, 1.165) is 14.9 Å². The zero-order chi connectivity index (χ0) is 11.5. The minimum absolute atomic E-state index is 0.197. The van der Waals surface area contributed by atoms with Crippen molar-refractivity contribution in [1.29, 1.82) is 0 Å². The van der Waals surface area contributed by atoms with E-state index in [9.17, 15) is 4.39 Å². The van der Waals surface area contributed by atoms with Crippen molar-refractivity contribution in [2.24, 2.45) is 0 Å². The van der Waals surface area contributed by atoms with Crippen LogP contribution in [0.4, 0.5) is 4.39 Å². The Morgan fingerprint density at radius 1 is 1.06 bits per heavy atom. The second kappa shape index (κ2) is 4.82. The molecule has 0 unspecified atom stereocenters. The Balaban J connectivity index is 2.42. The summed E-state index contributed by atoms with van der Waals surface area (Å²) in [5.74, 6) is 0.576. The van der Waals surface area contributed by atoms with Gasteiger partial charge in [0.05, 0.1) is 7.11 Å². The monoisotopic (exact) mass is 328 g/mol. The molecule has 0 amide bonds. The lowest BCUT2D eigenvalue weighted by Crippen LogP contribution is -1.86. The van der Waals surface area contributed by atoms with Crippen LogP contribution in [0.5, 0.6) is 5.75 Å². The molecule has 2 aromatic rings. The number of hydrogen-bond donors (Lipinski definition) is 0. The van der Waals surface area contributed by atoms with Crippen LogP contribution in [-0.2, 0) is 0 Å². The lowest BCUT2D eigenvalue weighted by Gasteiger charge is -2.05. The maximum atomic E-state index is 13.7.